The molecular weight excluding hydrogens is 310 g/mol. The van der Waals surface area contributed by atoms with Crippen LogP contribution in [0.3, 0.4) is 0 Å². The Kier molecular flexibility index (Phi) is 5.40. The molecule has 71 valence electrons. The van der Waals surface area contributed by atoms with Crippen molar-refractivity contribution in [2.24, 2.45) is 0 Å². The third kappa shape index (κ3) is 3.81. The molecule has 0 atom stereocenters. The summed E-state index contributed by atoms with van der Waals surface area (Å²) in [5.74, 6) is 2.72. The van der Waals surface area contributed by atoms with Crippen molar-refractivity contribution < 1.29 is 31.5 Å². The topological polar surface area (TPSA) is 0 Å². The molecule has 0 aliphatic heterocycles. The predicted molar refractivity (Wildman–Crippen MR) is 48.6 cm³/mol. The van der Waals surface area contributed by atoms with E-state index >= 15 is 0 Å². The van der Waals surface area contributed by atoms with Gasteiger partial charge in [0.2, 0.25) is 0 Å². The van der Waals surface area contributed by atoms with Crippen molar-refractivity contribution in [1.29, 1.82) is 0 Å². The first-order valence-electron chi connectivity index (χ1n) is 3.49. The zero-order valence-corrected chi connectivity index (χ0v) is 11.7. The fourth-order valence-electron chi connectivity index (χ4n) is 0.845. The number of halogens is 4. The van der Waals surface area contributed by atoms with E-state index in [0.29, 0.717) is 5.56 Å². The van der Waals surface area contributed by atoms with Crippen molar-refractivity contribution in [2.45, 2.75) is 6.18 Å². The van der Waals surface area contributed by atoms with Crippen molar-refractivity contribution in [3.63, 3.8) is 0 Å². The molecule has 0 spiro atoms. The quantitative estimate of drug-likeness (QED) is 0.510. The molecule has 0 saturated carbocycles. The van der Waals surface area contributed by atoms with E-state index in [2.05, 4.69) is 10.4 Å². The molecule has 0 nitrogen and oxygen atoms in total. The van der Waals surface area contributed by atoms with E-state index in [4.69, 9.17) is 0 Å². The number of alkyl halides is 3. The van der Waals surface area contributed by atoms with Gasteiger partial charge in [-0.3, -0.25) is 0 Å². The second-order valence-electron chi connectivity index (χ2n) is 2.38. The van der Waals surface area contributed by atoms with Gasteiger partial charge in [0.15, 0.2) is 0 Å². The molecule has 1 rings (SSSR count). The SMILES string of the molecule is Br.FC(F)(F)c1ccc(C#[C][Zn])cc1. The average Bonchev–Trinajstić information content (AvgIpc) is 2.04. The van der Waals surface area contributed by atoms with Gasteiger partial charge in [-0.25, -0.2) is 0 Å². The maximum atomic E-state index is 12.1. The molecule has 0 bridgehead atoms. The van der Waals surface area contributed by atoms with Gasteiger partial charge in [-0.1, -0.05) is 0 Å². The van der Waals surface area contributed by atoms with E-state index in [0.717, 1.165) is 30.4 Å². The summed E-state index contributed by atoms with van der Waals surface area (Å²) < 4.78 is 39.0. The summed E-state index contributed by atoms with van der Waals surface area (Å²) in [6.07, 6.45) is -4.26. The van der Waals surface area contributed by atoms with Crippen molar-refractivity contribution in [3.8, 4) is 10.4 Å². The van der Waals surface area contributed by atoms with Crippen LogP contribution in [0, 0.1) is 10.4 Å². The third-order valence-electron chi connectivity index (χ3n) is 1.44. The van der Waals surface area contributed by atoms with E-state index in [1.807, 2.05) is 0 Å². The molecule has 14 heavy (non-hydrogen) atoms. The molecule has 0 fully saturated rings. The van der Waals surface area contributed by atoms with Crippen LogP contribution in [0.5, 0.6) is 0 Å². The molecule has 0 radical (unpaired) electrons. The molecule has 0 heterocycles. The van der Waals surface area contributed by atoms with E-state index in [-0.39, 0.29) is 17.0 Å². The Morgan fingerprint density at radius 1 is 1.07 bits per heavy atom. The first kappa shape index (κ1) is 13.7. The molecule has 0 N–H and O–H groups in total. The predicted octanol–water partition coefficient (Wildman–Crippen LogP) is 3.14. The Bertz CT molecular complexity index is 345. The van der Waals surface area contributed by atoms with Gasteiger partial charge in [0.25, 0.3) is 0 Å². The molecule has 0 aliphatic rings. The fraction of sp³-hybridized carbons (Fsp3) is 0.111. The number of hydrogen-bond acceptors (Lipinski definition) is 0. The summed E-state index contributed by atoms with van der Waals surface area (Å²) in [5.41, 5.74) is -0.00979. The van der Waals surface area contributed by atoms with Gasteiger partial charge >= 0.3 is 83.5 Å². The Hall–Kier alpha value is -0.327. The first-order chi connectivity index (χ1) is 6.04. The minimum atomic E-state index is -4.26. The second-order valence-corrected chi connectivity index (χ2v) is 3.12. The Balaban J connectivity index is 0.00000169. The summed E-state index contributed by atoms with van der Waals surface area (Å²) in [5, 5.41) is 0. The van der Waals surface area contributed by atoms with Crippen LogP contribution in [0.1, 0.15) is 11.1 Å². The van der Waals surface area contributed by atoms with Crippen LogP contribution in [0.4, 0.5) is 13.2 Å². The zero-order chi connectivity index (χ0) is 9.90. The molecule has 0 aliphatic carbocycles. The molecular formula is C9H5BrF3Zn. The van der Waals surface area contributed by atoms with E-state index in [9.17, 15) is 13.2 Å². The fourth-order valence-corrected chi connectivity index (χ4v) is 1.27. The van der Waals surface area contributed by atoms with Crippen LogP contribution >= 0.6 is 17.0 Å². The molecule has 0 saturated heterocycles. The van der Waals surface area contributed by atoms with Gasteiger partial charge in [-0.05, 0) is 0 Å². The van der Waals surface area contributed by atoms with Gasteiger partial charge in [0.1, 0.15) is 0 Å². The van der Waals surface area contributed by atoms with Crippen LogP contribution in [0.2, 0.25) is 0 Å². The summed E-state index contributed by atoms with van der Waals surface area (Å²) in [7, 11) is 0. The molecule has 0 amide bonds. The molecule has 1 aromatic carbocycles. The maximum absolute atomic E-state index is 12.1. The third-order valence-corrected chi connectivity index (χ3v) is 1.82. The summed E-state index contributed by atoms with van der Waals surface area (Å²) >= 11 is 0.820. The van der Waals surface area contributed by atoms with E-state index in [1.165, 1.54) is 12.1 Å². The number of rotatable bonds is 0. The van der Waals surface area contributed by atoms with Crippen molar-refractivity contribution in [1.82, 2.24) is 0 Å². The molecule has 5 heteroatoms. The van der Waals surface area contributed by atoms with E-state index < -0.39 is 11.7 Å². The average molecular weight is 315 g/mol. The molecule has 0 unspecified atom stereocenters. The van der Waals surface area contributed by atoms with E-state index in [1.54, 1.807) is 0 Å². The van der Waals surface area contributed by atoms with Gasteiger partial charge in [-0.15, -0.1) is 17.0 Å². The van der Waals surface area contributed by atoms with Crippen LogP contribution < -0.4 is 0 Å². The van der Waals surface area contributed by atoms with Crippen LogP contribution in [0.25, 0.3) is 0 Å². The summed E-state index contributed by atoms with van der Waals surface area (Å²) in [4.78, 5) is 0. The number of benzene rings is 1. The normalized spacial score (nSPS) is 9.79. The summed E-state index contributed by atoms with van der Waals surface area (Å²) in [6, 6.07) is 4.84. The van der Waals surface area contributed by atoms with Crippen molar-refractivity contribution >= 4 is 17.0 Å². The monoisotopic (exact) mass is 313 g/mol. The van der Waals surface area contributed by atoms with Crippen LogP contribution in [0.15, 0.2) is 24.3 Å². The van der Waals surface area contributed by atoms with Gasteiger partial charge < -0.3 is 0 Å². The minimum absolute atomic E-state index is 0. The standard InChI is InChI=1S/C9H4F3.BrH.Zn/c1-2-7-3-5-8(6-4-7)9(10,11)12;;/h3-6H;1H;. The number of hydrogen-bond donors (Lipinski definition) is 0. The van der Waals surface area contributed by atoms with Crippen LogP contribution in [-0.4, -0.2) is 0 Å². The Morgan fingerprint density at radius 3 is 1.93 bits per heavy atom. The zero-order valence-electron chi connectivity index (χ0n) is 7.06. The van der Waals surface area contributed by atoms with Crippen molar-refractivity contribution in [2.75, 3.05) is 0 Å². The molecule has 0 aromatic heterocycles. The van der Waals surface area contributed by atoms with Crippen molar-refractivity contribution in [3.05, 3.63) is 35.4 Å². The second kappa shape index (κ2) is 5.53. The summed E-state index contributed by atoms with van der Waals surface area (Å²) in [6.45, 7) is 0. The van der Waals surface area contributed by atoms with Gasteiger partial charge in [0, 0.05) is 0 Å². The van der Waals surface area contributed by atoms with Gasteiger partial charge in [-0.2, -0.15) is 0 Å². The Labute approximate surface area is 100 Å². The Morgan fingerprint density at radius 2 is 1.57 bits per heavy atom. The first-order valence-corrected chi connectivity index (χ1v) is 4.98. The van der Waals surface area contributed by atoms with Crippen LogP contribution in [-0.2, 0) is 24.5 Å². The molecule has 1 aromatic rings. The van der Waals surface area contributed by atoms with Gasteiger partial charge in [0.05, 0.1) is 0 Å².